The highest BCUT2D eigenvalue weighted by Gasteiger charge is 2.34. The Balaban J connectivity index is 1.88. The highest BCUT2D eigenvalue weighted by molar-refractivity contribution is 7.91. The summed E-state index contributed by atoms with van der Waals surface area (Å²) in [5.74, 6) is -1.06. The summed E-state index contributed by atoms with van der Waals surface area (Å²) in [5.41, 5.74) is 0.661. The second kappa shape index (κ2) is 8.88. The summed E-state index contributed by atoms with van der Waals surface area (Å²) < 4.78 is 28.1. The molecule has 1 unspecified atom stereocenters. The summed E-state index contributed by atoms with van der Waals surface area (Å²) in [6.07, 6.45) is 3.09. The maximum absolute atomic E-state index is 12.2. The van der Waals surface area contributed by atoms with Crippen molar-refractivity contribution in [2.75, 3.05) is 24.7 Å². The van der Waals surface area contributed by atoms with Crippen LogP contribution >= 0.6 is 23.2 Å². The monoisotopic (exact) mass is 419 g/mol. The highest BCUT2D eigenvalue weighted by Crippen LogP contribution is 2.23. The summed E-state index contributed by atoms with van der Waals surface area (Å²) in [4.78, 5) is 25.4. The van der Waals surface area contributed by atoms with Gasteiger partial charge in [-0.15, -0.1) is 0 Å². The van der Waals surface area contributed by atoms with Gasteiger partial charge in [0.25, 0.3) is 5.91 Å². The molecule has 0 aromatic heterocycles. The van der Waals surface area contributed by atoms with E-state index in [0.717, 1.165) is 0 Å². The second-order valence-electron chi connectivity index (χ2n) is 5.85. The first-order valence-electron chi connectivity index (χ1n) is 8.01. The van der Waals surface area contributed by atoms with Crippen LogP contribution in [0.25, 0.3) is 6.08 Å². The van der Waals surface area contributed by atoms with Crippen molar-refractivity contribution in [3.8, 4) is 0 Å². The van der Waals surface area contributed by atoms with Crippen molar-refractivity contribution in [1.29, 1.82) is 0 Å². The van der Waals surface area contributed by atoms with Gasteiger partial charge in [0.05, 0.1) is 21.6 Å². The number of rotatable bonds is 6. The van der Waals surface area contributed by atoms with Gasteiger partial charge < -0.3 is 9.64 Å². The summed E-state index contributed by atoms with van der Waals surface area (Å²) in [7, 11) is -3.09. The number of carbonyl (C=O) groups excluding carboxylic acids is 2. The zero-order valence-electron chi connectivity index (χ0n) is 14.2. The van der Waals surface area contributed by atoms with E-state index in [0.29, 0.717) is 28.6 Å². The predicted molar refractivity (Wildman–Crippen MR) is 101 cm³/mol. The predicted octanol–water partition coefficient (Wildman–Crippen LogP) is 2.59. The minimum Gasteiger partial charge on any atom is -0.452 e. The van der Waals surface area contributed by atoms with Crippen molar-refractivity contribution in [1.82, 2.24) is 4.90 Å². The molecular weight excluding hydrogens is 401 g/mol. The summed E-state index contributed by atoms with van der Waals surface area (Å²) in [6, 6.07) is 4.52. The van der Waals surface area contributed by atoms with E-state index >= 15 is 0 Å². The van der Waals surface area contributed by atoms with E-state index in [9.17, 15) is 18.0 Å². The first kappa shape index (κ1) is 20.7. The minimum atomic E-state index is -3.09. The number of benzene rings is 1. The van der Waals surface area contributed by atoms with E-state index in [4.69, 9.17) is 27.9 Å². The average molecular weight is 420 g/mol. The van der Waals surface area contributed by atoms with Crippen LogP contribution in [0.15, 0.2) is 24.3 Å². The normalized spacial score (nSPS) is 18.8. The van der Waals surface area contributed by atoms with Gasteiger partial charge in [-0.2, -0.15) is 0 Å². The molecule has 9 heteroatoms. The van der Waals surface area contributed by atoms with Crippen LogP contribution in [0.2, 0.25) is 10.0 Å². The SMILES string of the molecule is CCN(C(=O)COC(=O)C=Cc1ccc(Cl)c(Cl)c1)C1CCS(=O)(=O)C1. The van der Waals surface area contributed by atoms with Gasteiger partial charge in [0.1, 0.15) is 0 Å². The maximum atomic E-state index is 12.2. The van der Waals surface area contributed by atoms with Crippen LogP contribution in [0, 0.1) is 0 Å². The molecule has 1 aliphatic heterocycles. The average Bonchev–Trinajstić information content (AvgIpc) is 2.94. The van der Waals surface area contributed by atoms with E-state index in [2.05, 4.69) is 0 Å². The van der Waals surface area contributed by atoms with Crippen molar-refractivity contribution >= 4 is 51.0 Å². The third-order valence-corrected chi connectivity index (χ3v) is 6.49. The van der Waals surface area contributed by atoms with Crippen molar-refractivity contribution in [2.24, 2.45) is 0 Å². The maximum Gasteiger partial charge on any atom is 0.331 e. The Morgan fingerprint density at radius 2 is 2.04 bits per heavy atom. The van der Waals surface area contributed by atoms with Gasteiger partial charge in [-0.25, -0.2) is 13.2 Å². The van der Waals surface area contributed by atoms with Crippen molar-refractivity contribution in [3.63, 3.8) is 0 Å². The number of nitrogens with zero attached hydrogens (tertiary/aromatic N) is 1. The van der Waals surface area contributed by atoms with Gasteiger partial charge in [0.2, 0.25) is 0 Å². The molecule has 0 N–H and O–H groups in total. The number of hydrogen-bond donors (Lipinski definition) is 0. The number of ether oxygens (including phenoxy) is 1. The third kappa shape index (κ3) is 5.72. The molecular formula is C17H19Cl2NO5S. The van der Waals surface area contributed by atoms with E-state index in [1.165, 1.54) is 17.1 Å². The summed E-state index contributed by atoms with van der Waals surface area (Å²) in [6.45, 7) is 1.68. The molecule has 0 saturated carbocycles. The Kier molecular flexibility index (Phi) is 7.08. The van der Waals surface area contributed by atoms with Crippen LogP contribution < -0.4 is 0 Å². The Hall–Kier alpha value is -1.57. The fraction of sp³-hybridized carbons (Fsp3) is 0.412. The number of halogens is 2. The zero-order chi connectivity index (χ0) is 19.3. The molecule has 1 atom stereocenters. The standard InChI is InChI=1S/C17H19Cl2NO5S/c1-2-20(13-7-8-26(23,24)11-13)16(21)10-25-17(22)6-4-12-3-5-14(18)15(19)9-12/h3-6,9,13H,2,7-8,10-11H2,1H3. The second-order valence-corrected chi connectivity index (χ2v) is 8.89. The lowest BCUT2D eigenvalue weighted by Gasteiger charge is -2.26. The quantitative estimate of drug-likeness (QED) is 0.522. The molecule has 1 fully saturated rings. The topological polar surface area (TPSA) is 80.8 Å². The van der Waals surface area contributed by atoms with Crippen molar-refractivity contribution < 1.29 is 22.7 Å². The van der Waals surface area contributed by atoms with Crippen LogP contribution in [0.3, 0.4) is 0 Å². The number of amides is 1. The fourth-order valence-electron chi connectivity index (χ4n) is 2.70. The molecule has 1 aromatic rings. The Morgan fingerprint density at radius 3 is 2.62 bits per heavy atom. The highest BCUT2D eigenvalue weighted by atomic mass is 35.5. The van der Waals surface area contributed by atoms with Crippen LogP contribution in [-0.2, 0) is 24.2 Å². The van der Waals surface area contributed by atoms with E-state index in [1.54, 1.807) is 25.1 Å². The fourth-order valence-corrected chi connectivity index (χ4v) is 4.74. The molecule has 1 heterocycles. The zero-order valence-corrected chi connectivity index (χ0v) is 16.5. The molecule has 1 aliphatic rings. The van der Waals surface area contributed by atoms with Gasteiger partial charge in [-0.3, -0.25) is 4.79 Å². The molecule has 1 saturated heterocycles. The molecule has 0 aliphatic carbocycles. The van der Waals surface area contributed by atoms with Crippen molar-refractivity contribution in [2.45, 2.75) is 19.4 Å². The molecule has 142 valence electrons. The molecule has 2 rings (SSSR count). The first-order valence-corrected chi connectivity index (χ1v) is 10.6. The molecule has 0 spiro atoms. The van der Waals surface area contributed by atoms with E-state index < -0.39 is 28.3 Å². The van der Waals surface area contributed by atoms with Gasteiger partial charge >= 0.3 is 5.97 Å². The van der Waals surface area contributed by atoms with E-state index in [-0.39, 0.29) is 17.5 Å². The number of likely N-dealkylation sites (N-methyl/N-ethyl adjacent to an activating group) is 1. The lowest BCUT2D eigenvalue weighted by molar-refractivity contribution is -0.149. The Morgan fingerprint density at radius 1 is 1.31 bits per heavy atom. The minimum absolute atomic E-state index is 0.0439. The smallest absolute Gasteiger partial charge is 0.331 e. The van der Waals surface area contributed by atoms with Crippen LogP contribution in [0.1, 0.15) is 18.9 Å². The number of carbonyl (C=O) groups is 2. The van der Waals surface area contributed by atoms with Gasteiger partial charge in [0, 0.05) is 18.7 Å². The number of sulfone groups is 1. The Bertz CT molecular complexity index is 822. The largest absolute Gasteiger partial charge is 0.452 e. The summed E-state index contributed by atoms with van der Waals surface area (Å²) in [5, 5.41) is 0.771. The molecule has 26 heavy (non-hydrogen) atoms. The first-order chi connectivity index (χ1) is 12.2. The van der Waals surface area contributed by atoms with Crippen molar-refractivity contribution in [3.05, 3.63) is 39.9 Å². The van der Waals surface area contributed by atoms with Gasteiger partial charge in [-0.1, -0.05) is 29.3 Å². The lowest BCUT2D eigenvalue weighted by Crippen LogP contribution is -2.43. The molecule has 0 radical (unpaired) electrons. The number of esters is 1. The van der Waals surface area contributed by atoms with Gasteiger partial charge in [-0.05, 0) is 37.1 Å². The van der Waals surface area contributed by atoms with Crippen LogP contribution in [0.4, 0.5) is 0 Å². The molecule has 6 nitrogen and oxygen atoms in total. The van der Waals surface area contributed by atoms with E-state index in [1.807, 2.05) is 0 Å². The lowest BCUT2D eigenvalue weighted by atomic mass is 10.2. The third-order valence-electron chi connectivity index (χ3n) is 4.00. The molecule has 1 amide bonds. The Labute approximate surface area is 162 Å². The molecule has 1 aromatic carbocycles. The van der Waals surface area contributed by atoms with Crippen LogP contribution in [0.5, 0.6) is 0 Å². The van der Waals surface area contributed by atoms with Gasteiger partial charge in [0.15, 0.2) is 16.4 Å². The summed E-state index contributed by atoms with van der Waals surface area (Å²) >= 11 is 11.7. The molecule has 0 bridgehead atoms. The van der Waals surface area contributed by atoms with Crippen LogP contribution in [-0.4, -0.2) is 55.9 Å². The number of hydrogen-bond acceptors (Lipinski definition) is 5.